The van der Waals surface area contributed by atoms with Crippen molar-refractivity contribution in [3.05, 3.63) is 35.9 Å². The molecule has 0 saturated carbocycles. The molecule has 4 N–H and O–H groups in total. The Hall–Kier alpha value is -1.39. The zero-order valence-corrected chi connectivity index (χ0v) is 11.6. The van der Waals surface area contributed by atoms with Gasteiger partial charge in [-0.3, -0.25) is 4.79 Å². The first-order valence-corrected chi connectivity index (χ1v) is 6.83. The summed E-state index contributed by atoms with van der Waals surface area (Å²) >= 11 is 0. The summed E-state index contributed by atoms with van der Waals surface area (Å²) in [7, 11) is 0. The van der Waals surface area contributed by atoms with Crippen LogP contribution in [0.15, 0.2) is 30.3 Å². The molecule has 0 fully saturated rings. The summed E-state index contributed by atoms with van der Waals surface area (Å²) in [6.45, 7) is 2.89. The minimum absolute atomic E-state index is 0.123. The molecule has 0 heterocycles. The van der Waals surface area contributed by atoms with Crippen molar-refractivity contribution in [2.45, 2.75) is 38.1 Å². The molecule has 1 aromatic carbocycles. The summed E-state index contributed by atoms with van der Waals surface area (Å²) < 4.78 is 5.54. The first-order chi connectivity index (χ1) is 9.11. The quantitative estimate of drug-likeness (QED) is 0.669. The summed E-state index contributed by atoms with van der Waals surface area (Å²) in [5.74, 6) is -0.563. The summed E-state index contributed by atoms with van der Waals surface area (Å²) in [4.78, 5) is 11.6. The van der Waals surface area contributed by atoms with E-state index in [0.717, 1.165) is 12.8 Å². The van der Waals surface area contributed by atoms with Gasteiger partial charge in [-0.05, 0) is 12.0 Å². The molecule has 19 heavy (non-hydrogen) atoms. The van der Waals surface area contributed by atoms with E-state index in [1.54, 1.807) is 12.1 Å². The van der Waals surface area contributed by atoms with Gasteiger partial charge >= 0.3 is 0 Å². The standard InChI is InChI=1S/C15H24N2O2/c1-2-3-4-8-11-19-12-15(17,14(16)18)13-9-6-5-7-10-13/h5-7,9-10H,2-4,8,11-12,17H2,1H3,(H2,16,18). The largest absolute Gasteiger partial charge is 0.379 e. The molecule has 0 aliphatic heterocycles. The zero-order valence-electron chi connectivity index (χ0n) is 11.6. The number of hydrogen-bond donors (Lipinski definition) is 2. The Morgan fingerprint density at radius 3 is 2.47 bits per heavy atom. The molecule has 4 heteroatoms. The van der Waals surface area contributed by atoms with Gasteiger partial charge in [-0.1, -0.05) is 56.5 Å². The van der Waals surface area contributed by atoms with Gasteiger partial charge in [0.25, 0.3) is 0 Å². The van der Waals surface area contributed by atoms with Crippen molar-refractivity contribution in [2.75, 3.05) is 13.2 Å². The van der Waals surface area contributed by atoms with Crippen LogP contribution in [0.1, 0.15) is 38.2 Å². The van der Waals surface area contributed by atoms with E-state index in [9.17, 15) is 4.79 Å². The van der Waals surface area contributed by atoms with Gasteiger partial charge in [0.05, 0.1) is 6.61 Å². The van der Waals surface area contributed by atoms with Crippen LogP contribution in [0, 0.1) is 0 Å². The number of nitrogens with two attached hydrogens (primary N) is 2. The van der Waals surface area contributed by atoms with Gasteiger partial charge < -0.3 is 16.2 Å². The van der Waals surface area contributed by atoms with Gasteiger partial charge in [0.15, 0.2) is 0 Å². The Bertz CT molecular complexity index is 381. The minimum Gasteiger partial charge on any atom is -0.379 e. The molecule has 0 saturated heterocycles. The first-order valence-electron chi connectivity index (χ1n) is 6.83. The average molecular weight is 264 g/mol. The summed E-state index contributed by atoms with van der Waals surface area (Å²) in [5, 5.41) is 0. The molecule has 0 aromatic heterocycles. The maximum atomic E-state index is 11.6. The lowest BCUT2D eigenvalue weighted by molar-refractivity contribution is -0.125. The highest BCUT2D eigenvalue weighted by molar-refractivity contribution is 5.86. The Morgan fingerprint density at radius 1 is 1.21 bits per heavy atom. The molecule has 1 amide bonds. The Kier molecular flexibility index (Phi) is 6.53. The molecule has 0 bridgehead atoms. The van der Waals surface area contributed by atoms with Crippen LogP contribution in [-0.2, 0) is 15.1 Å². The van der Waals surface area contributed by atoms with E-state index < -0.39 is 11.4 Å². The van der Waals surface area contributed by atoms with E-state index >= 15 is 0 Å². The van der Waals surface area contributed by atoms with Crippen LogP contribution >= 0.6 is 0 Å². The van der Waals surface area contributed by atoms with E-state index in [1.165, 1.54) is 12.8 Å². The van der Waals surface area contributed by atoms with Crippen LogP contribution in [0.2, 0.25) is 0 Å². The molecule has 1 rings (SSSR count). The summed E-state index contributed by atoms with van der Waals surface area (Å²) in [6, 6.07) is 9.13. The molecule has 1 aromatic rings. The van der Waals surface area contributed by atoms with Gasteiger partial charge in [0, 0.05) is 6.61 Å². The third kappa shape index (κ3) is 4.65. The molecule has 1 atom stereocenters. The third-order valence-electron chi connectivity index (χ3n) is 3.20. The molecule has 0 radical (unpaired) electrons. The monoisotopic (exact) mass is 264 g/mol. The first kappa shape index (κ1) is 15.7. The lowest BCUT2D eigenvalue weighted by atomic mass is 9.91. The predicted octanol–water partition coefficient (Wildman–Crippen LogP) is 1.92. The number of carbonyl (C=O) groups is 1. The molecule has 0 aliphatic carbocycles. The number of carbonyl (C=O) groups excluding carboxylic acids is 1. The molecule has 0 spiro atoms. The molecule has 4 nitrogen and oxygen atoms in total. The van der Waals surface area contributed by atoms with Crippen LogP contribution in [0.25, 0.3) is 0 Å². The predicted molar refractivity (Wildman–Crippen MR) is 76.5 cm³/mol. The highest BCUT2D eigenvalue weighted by Gasteiger charge is 2.34. The maximum absolute atomic E-state index is 11.6. The van der Waals surface area contributed by atoms with Crippen molar-refractivity contribution in [3.63, 3.8) is 0 Å². The number of hydrogen-bond acceptors (Lipinski definition) is 3. The van der Waals surface area contributed by atoms with Crippen LogP contribution in [0.4, 0.5) is 0 Å². The van der Waals surface area contributed by atoms with Gasteiger partial charge in [-0.15, -0.1) is 0 Å². The SMILES string of the molecule is CCCCCCOCC(N)(C(N)=O)c1ccccc1. The Labute approximate surface area is 115 Å². The normalized spacial score (nSPS) is 14.0. The van der Waals surface area contributed by atoms with E-state index in [1.807, 2.05) is 18.2 Å². The fourth-order valence-corrected chi connectivity index (χ4v) is 1.90. The topological polar surface area (TPSA) is 78.3 Å². The van der Waals surface area contributed by atoms with E-state index in [0.29, 0.717) is 12.2 Å². The number of amides is 1. The number of benzene rings is 1. The number of ether oxygens (including phenoxy) is 1. The smallest absolute Gasteiger partial charge is 0.244 e. The minimum atomic E-state index is -1.24. The highest BCUT2D eigenvalue weighted by Crippen LogP contribution is 2.18. The molecule has 0 aliphatic rings. The van der Waals surface area contributed by atoms with E-state index in [4.69, 9.17) is 16.2 Å². The van der Waals surface area contributed by atoms with Crippen LogP contribution in [-0.4, -0.2) is 19.1 Å². The number of unbranched alkanes of at least 4 members (excludes halogenated alkanes) is 3. The molecular weight excluding hydrogens is 240 g/mol. The zero-order chi connectivity index (χ0) is 14.1. The van der Waals surface area contributed by atoms with Crippen molar-refractivity contribution >= 4 is 5.91 Å². The van der Waals surface area contributed by atoms with E-state index in [-0.39, 0.29) is 6.61 Å². The maximum Gasteiger partial charge on any atom is 0.244 e. The van der Waals surface area contributed by atoms with Crippen molar-refractivity contribution in [1.29, 1.82) is 0 Å². The Balaban J connectivity index is 2.52. The second-order valence-corrected chi connectivity index (χ2v) is 4.81. The fraction of sp³-hybridized carbons (Fsp3) is 0.533. The Morgan fingerprint density at radius 2 is 1.89 bits per heavy atom. The lowest BCUT2D eigenvalue weighted by Crippen LogP contribution is -2.52. The highest BCUT2D eigenvalue weighted by atomic mass is 16.5. The summed E-state index contributed by atoms with van der Waals surface area (Å²) in [5.41, 5.74) is 11.0. The fourth-order valence-electron chi connectivity index (χ4n) is 1.90. The van der Waals surface area contributed by atoms with E-state index in [2.05, 4.69) is 6.92 Å². The molecule has 106 valence electrons. The van der Waals surface area contributed by atoms with Gasteiger partial charge in [0.1, 0.15) is 5.54 Å². The van der Waals surface area contributed by atoms with Crippen LogP contribution in [0.3, 0.4) is 0 Å². The summed E-state index contributed by atoms with van der Waals surface area (Å²) in [6.07, 6.45) is 4.51. The van der Waals surface area contributed by atoms with Gasteiger partial charge in [-0.2, -0.15) is 0 Å². The van der Waals surface area contributed by atoms with Gasteiger partial charge in [-0.25, -0.2) is 0 Å². The molecule has 1 unspecified atom stereocenters. The molecular formula is C15H24N2O2. The lowest BCUT2D eigenvalue weighted by Gasteiger charge is -2.26. The number of primary amides is 1. The van der Waals surface area contributed by atoms with Crippen molar-refractivity contribution in [2.24, 2.45) is 11.5 Å². The van der Waals surface area contributed by atoms with Crippen LogP contribution in [0.5, 0.6) is 0 Å². The van der Waals surface area contributed by atoms with Crippen LogP contribution < -0.4 is 11.5 Å². The number of rotatable bonds is 9. The van der Waals surface area contributed by atoms with Crippen molar-refractivity contribution < 1.29 is 9.53 Å². The average Bonchev–Trinajstić information content (AvgIpc) is 2.43. The van der Waals surface area contributed by atoms with Crippen molar-refractivity contribution in [3.8, 4) is 0 Å². The van der Waals surface area contributed by atoms with Crippen molar-refractivity contribution in [1.82, 2.24) is 0 Å². The second-order valence-electron chi connectivity index (χ2n) is 4.81. The second kappa shape index (κ2) is 7.92. The third-order valence-corrected chi connectivity index (χ3v) is 3.20. The van der Waals surface area contributed by atoms with Gasteiger partial charge in [0.2, 0.25) is 5.91 Å².